The average Bonchev–Trinajstić information content (AvgIpc) is 2.94. The molecule has 1 N–H and O–H groups in total. The molecular formula is C30H35Cl2N3O4S. The molecule has 0 aromatic heterocycles. The first-order valence-corrected chi connectivity index (χ1v) is 15.4. The number of carbonyl (C=O) groups is 2. The van der Waals surface area contributed by atoms with Crippen LogP contribution in [0.4, 0.5) is 5.69 Å². The lowest BCUT2D eigenvalue weighted by molar-refractivity contribution is -0.140. The first-order chi connectivity index (χ1) is 19.0. The van der Waals surface area contributed by atoms with Gasteiger partial charge in [0.2, 0.25) is 11.8 Å². The quantitative estimate of drug-likeness (QED) is 0.266. The largest absolute Gasteiger partial charge is 0.352 e. The molecule has 0 aliphatic carbocycles. The van der Waals surface area contributed by atoms with Gasteiger partial charge < -0.3 is 10.2 Å². The van der Waals surface area contributed by atoms with E-state index in [2.05, 4.69) is 5.32 Å². The molecule has 0 aliphatic heterocycles. The van der Waals surface area contributed by atoms with Crippen molar-refractivity contribution in [3.05, 3.63) is 94.0 Å². The fraction of sp³-hybridized carbons (Fsp3) is 0.333. The number of amides is 2. The molecule has 0 aliphatic rings. The van der Waals surface area contributed by atoms with Gasteiger partial charge in [-0.1, -0.05) is 73.4 Å². The SMILES string of the molecule is CCC(C)NC(=O)C(CC)N(Cc1ccc(Cl)cc1)C(=O)CN(c1cccc(Cl)c1C)S(=O)(=O)c1ccccc1. The van der Waals surface area contributed by atoms with E-state index in [1.165, 1.54) is 17.0 Å². The van der Waals surface area contributed by atoms with Gasteiger partial charge in [0.1, 0.15) is 12.6 Å². The Balaban J connectivity index is 2.08. The number of anilines is 1. The zero-order valence-corrected chi connectivity index (χ0v) is 25.4. The molecule has 3 aromatic rings. The lowest BCUT2D eigenvalue weighted by atomic mass is 10.1. The highest BCUT2D eigenvalue weighted by Crippen LogP contribution is 2.31. The highest BCUT2D eigenvalue weighted by molar-refractivity contribution is 7.92. The Labute approximate surface area is 247 Å². The molecule has 0 saturated heterocycles. The zero-order chi connectivity index (χ0) is 29.4. The third-order valence-corrected chi connectivity index (χ3v) is 9.21. The number of benzene rings is 3. The lowest BCUT2D eigenvalue weighted by Gasteiger charge is -2.34. The van der Waals surface area contributed by atoms with Crippen LogP contribution in [0.2, 0.25) is 10.0 Å². The van der Waals surface area contributed by atoms with Gasteiger partial charge in [0, 0.05) is 22.6 Å². The van der Waals surface area contributed by atoms with E-state index in [-0.39, 0.29) is 29.1 Å². The van der Waals surface area contributed by atoms with Crippen LogP contribution in [-0.4, -0.2) is 43.8 Å². The summed E-state index contributed by atoms with van der Waals surface area (Å²) in [6.45, 7) is 6.95. The van der Waals surface area contributed by atoms with Gasteiger partial charge in [-0.25, -0.2) is 8.42 Å². The van der Waals surface area contributed by atoms with Crippen molar-refractivity contribution < 1.29 is 18.0 Å². The molecule has 10 heteroatoms. The second-order valence-corrected chi connectivity index (χ2v) is 12.3. The van der Waals surface area contributed by atoms with Crippen LogP contribution >= 0.6 is 23.2 Å². The Bertz CT molecular complexity index is 1420. The van der Waals surface area contributed by atoms with Crippen LogP contribution < -0.4 is 9.62 Å². The molecule has 0 heterocycles. The molecule has 0 radical (unpaired) electrons. The summed E-state index contributed by atoms with van der Waals surface area (Å²) in [5, 5.41) is 3.88. The highest BCUT2D eigenvalue weighted by Gasteiger charge is 2.34. The number of hydrogen-bond acceptors (Lipinski definition) is 4. The molecule has 0 fully saturated rings. The maximum Gasteiger partial charge on any atom is 0.264 e. The number of halogens is 2. The first kappa shape index (κ1) is 31.5. The summed E-state index contributed by atoms with van der Waals surface area (Å²) in [4.78, 5) is 28.9. The molecule has 3 rings (SSSR count). The molecule has 3 aromatic carbocycles. The Morgan fingerprint density at radius 3 is 2.15 bits per heavy atom. The van der Waals surface area contributed by atoms with Crippen LogP contribution in [0.15, 0.2) is 77.7 Å². The number of nitrogens with one attached hydrogen (secondary N) is 1. The molecule has 7 nitrogen and oxygen atoms in total. The first-order valence-electron chi connectivity index (χ1n) is 13.2. The van der Waals surface area contributed by atoms with E-state index in [9.17, 15) is 18.0 Å². The number of rotatable bonds is 12. The lowest BCUT2D eigenvalue weighted by Crippen LogP contribution is -2.53. The third kappa shape index (κ3) is 7.56. The number of nitrogens with zero attached hydrogens (tertiary/aromatic N) is 2. The van der Waals surface area contributed by atoms with Gasteiger partial charge >= 0.3 is 0 Å². The van der Waals surface area contributed by atoms with Crippen LogP contribution in [0.5, 0.6) is 0 Å². The fourth-order valence-electron chi connectivity index (χ4n) is 4.25. The van der Waals surface area contributed by atoms with Crippen LogP contribution in [0.3, 0.4) is 0 Å². The summed E-state index contributed by atoms with van der Waals surface area (Å²) in [5.41, 5.74) is 1.56. The summed E-state index contributed by atoms with van der Waals surface area (Å²) < 4.78 is 28.9. The van der Waals surface area contributed by atoms with Crippen molar-refractivity contribution in [3.8, 4) is 0 Å². The Morgan fingerprint density at radius 2 is 1.55 bits per heavy atom. The van der Waals surface area contributed by atoms with Crippen LogP contribution in [0.1, 0.15) is 44.7 Å². The van der Waals surface area contributed by atoms with Gasteiger partial charge in [0.25, 0.3) is 10.0 Å². The Hall–Kier alpha value is -3.07. The molecular weight excluding hydrogens is 569 g/mol. The maximum absolute atomic E-state index is 14.1. The predicted octanol–water partition coefficient (Wildman–Crippen LogP) is 6.22. The van der Waals surface area contributed by atoms with Crippen molar-refractivity contribution in [3.63, 3.8) is 0 Å². The van der Waals surface area contributed by atoms with Crippen LogP contribution in [0.25, 0.3) is 0 Å². The van der Waals surface area contributed by atoms with Gasteiger partial charge in [-0.05, 0) is 74.2 Å². The van der Waals surface area contributed by atoms with Crippen molar-refractivity contribution >= 4 is 50.7 Å². The Morgan fingerprint density at radius 1 is 0.900 bits per heavy atom. The summed E-state index contributed by atoms with van der Waals surface area (Å²) in [5.74, 6) is -0.824. The standard InChI is InChI=1S/C30H35Cl2N3O4S/c1-5-21(3)33-30(37)27(6-2)34(19-23-15-17-24(31)18-16-23)29(36)20-35(28-14-10-13-26(32)22(28)4)40(38,39)25-11-8-7-9-12-25/h7-18,21,27H,5-6,19-20H2,1-4H3,(H,33,37). The summed E-state index contributed by atoms with van der Waals surface area (Å²) >= 11 is 12.4. The smallest absolute Gasteiger partial charge is 0.264 e. The molecule has 2 unspecified atom stereocenters. The molecule has 0 bridgehead atoms. The summed E-state index contributed by atoms with van der Waals surface area (Å²) in [6.07, 6.45) is 1.06. The number of hydrogen-bond donors (Lipinski definition) is 1. The highest BCUT2D eigenvalue weighted by atomic mass is 35.5. The van der Waals surface area contributed by atoms with E-state index in [0.29, 0.717) is 22.0 Å². The van der Waals surface area contributed by atoms with Gasteiger partial charge in [-0.2, -0.15) is 0 Å². The minimum atomic E-state index is -4.17. The topological polar surface area (TPSA) is 86.8 Å². The van der Waals surface area contributed by atoms with E-state index in [1.54, 1.807) is 67.6 Å². The van der Waals surface area contributed by atoms with Gasteiger partial charge in [0.15, 0.2) is 0 Å². The third-order valence-electron chi connectivity index (χ3n) is 6.77. The van der Waals surface area contributed by atoms with Crippen molar-refractivity contribution in [1.82, 2.24) is 10.2 Å². The zero-order valence-electron chi connectivity index (χ0n) is 23.1. The molecule has 40 heavy (non-hydrogen) atoms. The van der Waals surface area contributed by atoms with Gasteiger partial charge in [-0.15, -0.1) is 0 Å². The second kappa shape index (κ2) is 14.0. The monoisotopic (exact) mass is 603 g/mol. The van der Waals surface area contributed by atoms with Crippen molar-refractivity contribution in [2.45, 2.75) is 64.1 Å². The molecule has 2 atom stereocenters. The normalized spacial score (nSPS) is 12.8. The van der Waals surface area contributed by atoms with Crippen molar-refractivity contribution in [2.75, 3.05) is 10.8 Å². The maximum atomic E-state index is 14.1. The predicted molar refractivity (Wildman–Crippen MR) is 161 cm³/mol. The molecule has 0 saturated carbocycles. The second-order valence-electron chi connectivity index (χ2n) is 9.60. The Kier molecular flexibility index (Phi) is 11.0. The van der Waals surface area contributed by atoms with Crippen molar-refractivity contribution in [2.24, 2.45) is 0 Å². The summed E-state index contributed by atoms with van der Waals surface area (Å²) in [6, 6.07) is 18.9. The molecule has 0 spiro atoms. The number of carbonyl (C=O) groups excluding carboxylic acids is 2. The van der Waals surface area contributed by atoms with E-state index >= 15 is 0 Å². The van der Waals surface area contributed by atoms with Gasteiger partial charge in [-0.3, -0.25) is 13.9 Å². The minimum absolute atomic E-state index is 0.0352. The van der Waals surface area contributed by atoms with Crippen LogP contribution in [0, 0.1) is 6.92 Å². The molecule has 214 valence electrons. The van der Waals surface area contributed by atoms with Gasteiger partial charge in [0.05, 0.1) is 10.6 Å². The summed E-state index contributed by atoms with van der Waals surface area (Å²) in [7, 11) is -4.17. The molecule has 2 amide bonds. The van der Waals surface area contributed by atoms with E-state index < -0.39 is 28.5 Å². The van der Waals surface area contributed by atoms with E-state index in [4.69, 9.17) is 23.2 Å². The van der Waals surface area contributed by atoms with Crippen molar-refractivity contribution in [1.29, 1.82) is 0 Å². The minimum Gasteiger partial charge on any atom is -0.352 e. The fourth-order valence-corrected chi connectivity index (χ4v) is 6.03. The average molecular weight is 605 g/mol. The number of sulfonamides is 1. The van der Waals surface area contributed by atoms with E-state index in [0.717, 1.165) is 16.3 Å². The van der Waals surface area contributed by atoms with E-state index in [1.807, 2.05) is 20.8 Å². The van der Waals surface area contributed by atoms with Crippen LogP contribution in [-0.2, 0) is 26.2 Å².